The average Bonchev–Trinajstić information content (AvgIpc) is 2.95. The monoisotopic (exact) mass is 395 g/mol. The highest BCUT2D eigenvalue weighted by Gasteiger charge is 2.07. The Balaban J connectivity index is 1.70. The van der Waals surface area contributed by atoms with Gasteiger partial charge in [0.1, 0.15) is 0 Å². The zero-order valence-corrected chi connectivity index (χ0v) is 15.6. The molecule has 0 bridgehead atoms. The van der Waals surface area contributed by atoms with Crippen LogP contribution in [0.2, 0.25) is 0 Å². The van der Waals surface area contributed by atoms with Crippen LogP contribution >= 0.6 is 15.9 Å². The maximum atomic E-state index is 12.2. The third kappa shape index (κ3) is 3.88. The molecule has 0 saturated heterocycles. The number of carbonyl (C=O) groups is 1. The minimum Gasteiger partial charge on any atom is -0.319 e. The van der Waals surface area contributed by atoms with Gasteiger partial charge in [-0.25, -0.2) is 5.43 Å². The molecular weight excluding hydrogens is 378 g/mol. The lowest BCUT2D eigenvalue weighted by molar-refractivity contribution is 0.0955. The number of rotatable bonds is 4. The van der Waals surface area contributed by atoms with Gasteiger partial charge in [0.05, 0.1) is 6.21 Å². The summed E-state index contributed by atoms with van der Waals surface area (Å²) in [7, 11) is 0. The third-order valence-corrected chi connectivity index (χ3v) is 4.66. The number of halogens is 1. The SMILES string of the molecule is Cc1ccc(C)n1-c1ccc(C(=O)N/N=C/c2ccccc2Br)cc1. The van der Waals surface area contributed by atoms with E-state index in [-0.39, 0.29) is 5.91 Å². The molecule has 1 N–H and O–H groups in total. The van der Waals surface area contributed by atoms with E-state index in [1.165, 1.54) is 0 Å². The van der Waals surface area contributed by atoms with Crippen molar-refractivity contribution in [2.24, 2.45) is 5.10 Å². The summed E-state index contributed by atoms with van der Waals surface area (Å²) in [6.45, 7) is 4.12. The summed E-state index contributed by atoms with van der Waals surface area (Å²) >= 11 is 3.44. The molecule has 0 radical (unpaired) electrons. The first-order chi connectivity index (χ1) is 12.1. The van der Waals surface area contributed by atoms with Crippen LogP contribution in [-0.2, 0) is 0 Å². The maximum absolute atomic E-state index is 12.2. The second-order valence-electron chi connectivity index (χ2n) is 5.72. The molecule has 5 heteroatoms. The van der Waals surface area contributed by atoms with E-state index in [0.29, 0.717) is 5.56 Å². The van der Waals surface area contributed by atoms with Crippen molar-refractivity contribution >= 4 is 28.1 Å². The Labute approximate surface area is 155 Å². The van der Waals surface area contributed by atoms with Crippen molar-refractivity contribution in [2.75, 3.05) is 0 Å². The first-order valence-corrected chi connectivity index (χ1v) is 8.69. The molecule has 2 aromatic carbocycles. The van der Waals surface area contributed by atoms with Gasteiger partial charge in [0.25, 0.3) is 5.91 Å². The minimum absolute atomic E-state index is 0.240. The van der Waals surface area contributed by atoms with Gasteiger partial charge in [-0.05, 0) is 56.3 Å². The summed E-state index contributed by atoms with van der Waals surface area (Å²) in [5.74, 6) is -0.240. The van der Waals surface area contributed by atoms with Gasteiger partial charge in [-0.2, -0.15) is 5.10 Å². The molecule has 0 aliphatic rings. The van der Waals surface area contributed by atoms with Gasteiger partial charge in [0, 0.05) is 32.7 Å². The topological polar surface area (TPSA) is 46.4 Å². The highest BCUT2D eigenvalue weighted by atomic mass is 79.9. The van der Waals surface area contributed by atoms with E-state index in [9.17, 15) is 4.79 Å². The van der Waals surface area contributed by atoms with Crippen molar-refractivity contribution in [3.8, 4) is 5.69 Å². The Morgan fingerprint density at radius 2 is 1.64 bits per heavy atom. The van der Waals surface area contributed by atoms with Crippen molar-refractivity contribution in [3.05, 3.63) is 87.7 Å². The molecule has 1 amide bonds. The first kappa shape index (κ1) is 17.2. The molecular formula is C20H18BrN3O. The molecule has 0 atom stereocenters. The summed E-state index contributed by atoms with van der Waals surface area (Å²) in [5.41, 5.74) is 7.37. The van der Waals surface area contributed by atoms with E-state index < -0.39 is 0 Å². The van der Waals surface area contributed by atoms with Gasteiger partial charge in [-0.3, -0.25) is 4.79 Å². The zero-order chi connectivity index (χ0) is 17.8. The number of hydrogen-bond acceptors (Lipinski definition) is 2. The average molecular weight is 396 g/mol. The summed E-state index contributed by atoms with van der Waals surface area (Å²) in [5, 5.41) is 4.02. The number of benzene rings is 2. The quantitative estimate of drug-likeness (QED) is 0.508. The number of carbonyl (C=O) groups excluding carboxylic acids is 1. The molecule has 0 aliphatic heterocycles. The number of hydrogen-bond donors (Lipinski definition) is 1. The Bertz CT molecular complexity index is 907. The first-order valence-electron chi connectivity index (χ1n) is 7.89. The second kappa shape index (κ2) is 7.49. The van der Waals surface area contributed by atoms with Gasteiger partial charge in [0.2, 0.25) is 0 Å². The van der Waals surface area contributed by atoms with Crippen LogP contribution in [0.1, 0.15) is 27.3 Å². The predicted octanol–water partition coefficient (Wildman–Crippen LogP) is 4.62. The van der Waals surface area contributed by atoms with Crippen molar-refractivity contribution in [2.45, 2.75) is 13.8 Å². The van der Waals surface area contributed by atoms with Gasteiger partial charge >= 0.3 is 0 Å². The number of aryl methyl sites for hydroxylation is 2. The molecule has 0 spiro atoms. The highest BCUT2D eigenvalue weighted by molar-refractivity contribution is 9.10. The Morgan fingerprint density at radius 3 is 2.28 bits per heavy atom. The van der Waals surface area contributed by atoms with E-state index in [1.807, 2.05) is 36.4 Å². The number of amides is 1. The van der Waals surface area contributed by atoms with E-state index >= 15 is 0 Å². The Morgan fingerprint density at radius 1 is 1.00 bits per heavy atom. The lowest BCUT2D eigenvalue weighted by atomic mass is 10.2. The summed E-state index contributed by atoms with van der Waals surface area (Å²) in [6.07, 6.45) is 1.61. The van der Waals surface area contributed by atoms with Crippen LogP contribution in [0.25, 0.3) is 5.69 Å². The molecule has 4 nitrogen and oxygen atoms in total. The molecule has 0 saturated carbocycles. The van der Waals surface area contributed by atoms with Crippen LogP contribution in [0.4, 0.5) is 0 Å². The number of aromatic nitrogens is 1. The van der Waals surface area contributed by atoms with Crippen LogP contribution in [-0.4, -0.2) is 16.7 Å². The second-order valence-corrected chi connectivity index (χ2v) is 6.57. The fourth-order valence-electron chi connectivity index (χ4n) is 2.64. The van der Waals surface area contributed by atoms with Crippen LogP contribution in [0.15, 0.2) is 70.2 Å². The van der Waals surface area contributed by atoms with Crippen LogP contribution in [0.5, 0.6) is 0 Å². The smallest absolute Gasteiger partial charge is 0.271 e. The molecule has 1 heterocycles. The fourth-order valence-corrected chi connectivity index (χ4v) is 3.03. The van der Waals surface area contributed by atoms with Crippen molar-refractivity contribution in [1.29, 1.82) is 0 Å². The number of hydrazone groups is 1. The van der Waals surface area contributed by atoms with Gasteiger partial charge < -0.3 is 4.57 Å². The highest BCUT2D eigenvalue weighted by Crippen LogP contribution is 2.17. The molecule has 126 valence electrons. The molecule has 3 aromatic rings. The zero-order valence-electron chi connectivity index (χ0n) is 14.0. The summed E-state index contributed by atoms with van der Waals surface area (Å²) in [4.78, 5) is 12.2. The molecule has 0 fully saturated rings. The van der Waals surface area contributed by atoms with Crippen molar-refractivity contribution in [1.82, 2.24) is 9.99 Å². The lowest BCUT2D eigenvalue weighted by Gasteiger charge is -2.10. The standard InChI is InChI=1S/C20H18BrN3O/c1-14-7-8-15(2)24(14)18-11-9-16(10-12-18)20(25)23-22-13-17-5-3-4-6-19(17)21/h3-13H,1-2H3,(H,23,25)/b22-13+. The fraction of sp³-hybridized carbons (Fsp3) is 0.100. The Kier molecular flexibility index (Phi) is 5.14. The molecule has 25 heavy (non-hydrogen) atoms. The molecule has 0 unspecified atom stereocenters. The molecule has 3 rings (SSSR count). The molecule has 1 aromatic heterocycles. The number of nitrogens with one attached hydrogen (secondary N) is 1. The van der Waals surface area contributed by atoms with Crippen LogP contribution in [0, 0.1) is 13.8 Å². The van der Waals surface area contributed by atoms with Crippen molar-refractivity contribution in [3.63, 3.8) is 0 Å². The van der Waals surface area contributed by atoms with E-state index in [2.05, 4.69) is 57.0 Å². The maximum Gasteiger partial charge on any atom is 0.271 e. The third-order valence-electron chi connectivity index (χ3n) is 3.93. The van der Waals surface area contributed by atoms with E-state index in [1.54, 1.807) is 18.3 Å². The molecule has 0 aliphatic carbocycles. The number of nitrogens with zero attached hydrogens (tertiary/aromatic N) is 2. The Hall–Kier alpha value is -2.66. The normalized spacial score (nSPS) is 11.0. The summed E-state index contributed by atoms with van der Waals surface area (Å²) in [6, 6.07) is 19.3. The largest absolute Gasteiger partial charge is 0.319 e. The predicted molar refractivity (Wildman–Crippen MR) is 104 cm³/mol. The van der Waals surface area contributed by atoms with Gasteiger partial charge in [-0.1, -0.05) is 34.1 Å². The van der Waals surface area contributed by atoms with Gasteiger partial charge in [-0.15, -0.1) is 0 Å². The van der Waals surface area contributed by atoms with Crippen LogP contribution in [0.3, 0.4) is 0 Å². The lowest BCUT2D eigenvalue weighted by Crippen LogP contribution is -2.17. The van der Waals surface area contributed by atoms with E-state index in [4.69, 9.17) is 0 Å². The van der Waals surface area contributed by atoms with Gasteiger partial charge in [0.15, 0.2) is 0 Å². The van der Waals surface area contributed by atoms with Crippen LogP contribution < -0.4 is 5.43 Å². The summed E-state index contributed by atoms with van der Waals surface area (Å²) < 4.78 is 3.07. The minimum atomic E-state index is -0.240. The van der Waals surface area contributed by atoms with E-state index in [0.717, 1.165) is 27.1 Å². The van der Waals surface area contributed by atoms with Crippen molar-refractivity contribution < 1.29 is 4.79 Å².